The van der Waals surface area contributed by atoms with Gasteiger partial charge in [0.2, 0.25) is 5.91 Å². The Hall–Kier alpha value is -2.89. The molecular formula is C24H21ClFNO3. The zero-order valence-electron chi connectivity index (χ0n) is 16.1. The lowest BCUT2D eigenvalue weighted by atomic mass is 9.78. The first-order chi connectivity index (χ1) is 14.4. The number of carbonyl (C=O) groups is 1. The number of carbonyl (C=O) groups excluding carboxylic acids is 1. The summed E-state index contributed by atoms with van der Waals surface area (Å²) in [4.78, 5) is 14.7. The number of rotatable bonds is 6. The molecule has 1 saturated heterocycles. The van der Waals surface area contributed by atoms with Crippen LogP contribution in [0.1, 0.15) is 36.1 Å². The molecule has 0 aliphatic carbocycles. The number of nitrogens with zero attached hydrogens (tertiary/aromatic N) is 1. The number of anilines is 1. The first kappa shape index (κ1) is 20.4. The molecule has 1 amide bonds. The first-order valence-corrected chi connectivity index (χ1v) is 10.1. The van der Waals surface area contributed by atoms with Crippen LogP contribution in [0.15, 0.2) is 72.8 Å². The highest BCUT2D eigenvalue weighted by atomic mass is 35.5. The largest absolute Gasteiger partial charge is 0.508 e. The summed E-state index contributed by atoms with van der Waals surface area (Å²) >= 11 is 5.98. The predicted molar refractivity (Wildman–Crippen MR) is 114 cm³/mol. The third kappa shape index (κ3) is 4.04. The zero-order valence-corrected chi connectivity index (χ0v) is 16.8. The highest BCUT2D eigenvalue weighted by Crippen LogP contribution is 2.46. The Morgan fingerprint density at radius 3 is 2.23 bits per heavy atom. The van der Waals surface area contributed by atoms with Gasteiger partial charge in [-0.05, 0) is 72.5 Å². The fourth-order valence-corrected chi connectivity index (χ4v) is 4.09. The Kier molecular flexibility index (Phi) is 5.75. The van der Waals surface area contributed by atoms with Gasteiger partial charge in [-0.3, -0.25) is 4.79 Å². The number of hydrogen-bond donors (Lipinski definition) is 2. The molecule has 0 bridgehead atoms. The van der Waals surface area contributed by atoms with Crippen molar-refractivity contribution in [2.24, 2.45) is 5.92 Å². The highest BCUT2D eigenvalue weighted by Gasteiger charge is 2.48. The van der Waals surface area contributed by atoms with Crippen LogP contribution in [0, 0.1) is 11.7 Å². The summed E-state index contributed by atoms with van der Waals surface area (Å²) in [5.41, 5.74) is 2.28. The molecule has 6 heteroatoms. The normalized spacial score (nSPS) is 19.4. The quantitative estimate of drug-likeness (QED) is 0.519. The van der Waals surface area contributed by atoms with E-state index in [-0.39, 0.29) is 29.4 Å². The van der Waals surface area contributed by atoms with Crippen LogP contribution in [0.4, 0.5) is 10.1 Å². The molecule has 154 valence electrons. The Balaban J connectivity index is 1.55. The van der Waals surface area contributed by atoms with Crippen molar-refractivity contribution >= 4 is 23.2 Å². The van der Waals surface area contributed by atoms with Gasteiger partial charge in [0.25, 0.3) is 0 Å². The van der Waals surface area contributed by atoms with Gasteiger partial charge in [-0.25, -0.2) is 4.39 Å². The van der Waals surface area contributed by atoms with Gasteiger partial charge in [0.05, 0.1) is 18.1 Å². The lowest BCUT2D eigenvalue weighted by molar-refractivity contribution is -0.131. The van der Waals surface area contributed by atoms with E-state index in [2.05, 4.69) is 0 Å². The summed E-state index contributed by atoms with van der Waals surface area (Å²) in [6.07, 6.45) is 0.0846. The Morgan fingerprint density at radius 1 is 0.967 bits per heavy atom. The van der Waals surface area contributed by atoms with Crippen LogP contribution in [0.2, 0.25) is 5.02 Å². The molecule has 1 heterocycles. The average Bonchev–Trinajstić information content (AvgIpc) is 2.74. The van der Waals surface area contributed by atoms with Crippen molar-refractivity contribution in [3.8, 4) is 5.75 Å². The standard InChI is InChI=1S/C24H21ClFNO3/c25-17-5-9-19(10-6-17)27-23(16-3-11-20(28)12-4-16)21(24(27)30)13-14-22(29)15-1-7-18(26)8-2-15/h1-12,21-23,28-29H,13-14H2. The fraction of sp³-hybridized carbons (Fsp3) is 0.208. The second kappa shape index (κ2) is 8.46. The monoisotopic (exact) mass is 425 g/mol. The summed E-state index contributed by atoms with van der Waals surface area (Å²) in [5, 5.41) is 20.7. The zero-order chi connectivity index (χ0) is 21.3. The minimum Gasteiger partial charge on any atom is -0.508 e. The van der Waals surface area contributed by atoms with Crippen molar-refractivity contribution in [1.29, 1.82) is 0 Å². The van der Waals surface area contributed by atoms with Crippen molar-refractivity contribution in [2.45, 2.75) is 25.0 Å². The lowest BCUT2D eigenvalue weighted by Crippen LogP contribution is -2.55. The van der Waals surface area contributed by atoms with E-state index in [1.165, 1.54) is 12.1 Å². The predicted octanol–water partition coefficient (Wildman–Crippen LogP) is 5.40. The minimum atomic E-state index is -0.775. The van der Waals surface area contributed by atoms with Crippen molar-refractivity contribution in [3.05, 3.63) is 94.8 Å². The maximum Gasteiger partial charge on any atom is 0.233 e. The summed E-state index contributed by atoms with van der Waals surface area (Å²) in [6.45, 7) is 0. The van der Waals surface area contributed by atoms with Crippen molar-refractivity contribution in [3.63, 3.8) is 0 Å². The number of hydrogen-bond acceptors (Lipinski definition) is 3. The molecule has 30 heavy (non-hydrogen) atoms. The van der Waals surface area contributed by atoms with Gasteiger partial charge >= 0.3 is 0 Å². The number of phenolic OH excluding ortho intramolecular Hbond substituents is 1. The van der Waals surface area contributed by atoms with E-state index in [1.54, 1.807) is 65.6 Å². The van der Waals surface area contributed by atoms with E-state index in [9.17, 15) is 19.4 Å². The Bertz CT molecular complexity index is 1020. The second-order valence-electron chi connectivity index (χ2n) is 7.47. The highest BCUT2D eigenvalue weighted by molar-refractivity contribution is 6.30. The van der Waals surface area contributed by atoms with Crippen molar-refractivity contribution < 1.29 is 19.4 Å². The molecule has 4 rings (SSSR count). The minimum absolute atomic E-state index is 0.0262. The van der Waals surface area contributed by atoms with Crippen LogP contribution in [0.5, 0.6) is 5.75 Å². The molecule has 0 radical (unpaired) electrons. The topological polar surface area (TPSA) is 60.8 Å². The number of aliphatic hydroxyl groups is 1. The van der Waals surface area contributed by atoms with Crippen LogP contribution >= 0.6 is 11.6 Å². The summed E-state index contributed by atoms with van der Waals surface area (Å²) in [6, 6.07) is 19.4. The molecule has 1 aliphatic heterocycles. The molecule has 2 N–H and O–H groups in total. The van der Waals surface area contributed by atoms with E-state index in [4.69, 9.17) is 11.6 Å². The van der Waals surface area contributed by atoms with E-state index in [0.29, 0.717) is 23.4 Å². The van der Waals surface area contributed by atoms with Gasteiger partial charge in [-0.2, -0.15) is 0 Å². The molecule has 0 saturated carbocycles. The average molecular weight is 426 g/mol. The summed E-state index contributed by atoms with van der Waals surface area (Å²) in [5.74, 6) is -0.529. The molecule has 1 aliphatic rings. The van der Waals surface area contributed by atoms with E-state index >= 15 is 0 Å². The third-order valence-corrected chi connectivity index (χ3v) is 5.81. The number of phenols is 1. The molecule has 3 unspecified atom stereocenters. The molecule has 4 nitrogen and oxygen atoms in total. The molecule has 3 atom stereocenters. The van der Waals surface area contributed by atoms with Crippen molar-refractivity contribution in [1.82, 2.24) is 0 Å². The van der Waals surface area contributed by atoms with Gasteiger partial charge in [-0.15, -0.1) is 0 Å². The number of halogens is 2. The molecule has 0 aromatic heterocycles. The van der Waals surface area contributed by atoms with Gasteiger partial charge in [0.1, 0.15) is 11.6 Å². The van der Waals surface area contributed by atoms with Gasteiger partial charge in [0, 0.05) is 10.7 Å². The summed E-state index contributed by atoms with van der Waals surface area (Å²) < 4.78 is 13.1. The fourth-order valence-electron chi connectivity index (χ4n) is 3.96. The van der Waals surface area contributed by atoms with E-state index in [0.717, 1.165) is 11.3 Å². The van der Waals surface area contributed by atoms with Crippen LogP contribution in [0.3, 0.4) is 0 Å². The second-order valence-corrected chi connectivity index (χ2v) is 7.91. The Labute approximate surface area is 179 Å². The van der Waals surface area contributed by atoms with Gasteiger partial charge in [0.15, 0.2) is 0 Å². The molecular weight excluding hydrogens is 405 g/mol. The molecule has 3 aromatic carbocycles. The SMILES string of the molecule is O=C1C(CCC(O)c2ccc(F)cc2)C(c2ccc(O)cc2)N1c1ccc(Cl)cc1. The number of benzene rings is 3. The Morgan fingerprint density at radius 2 is 1.60 bits per heavy atom. The van der Waals surface area contributed by atoms with E-state index in [1.807, 2.05) is 0 Å². The number of aliphatic hydroxyl groups excluding tert-OH is 1. The van der Waals surface area contributed by atoms with Gasteiger partial charge in [-0.1, -0.05) is 35.9 Å². The molecule has 0 spiro atoms. The number of β-lactam (4-membered cyclic amide) rings is 1. The van der Waals surface area contributed by atoms with Crippen LogP contribution in [0.25, 0.3) is 0 Å². The number of amides is 1. The van der Waals surface area contributed by atoms with Gasteiger partial charge < -0.3 is 15.1 Å². The van der Waals surface area contributed by atoms with Crippen LogP contribution in [-0.2, 0) is 4.79 Å². The maximum atomic E-state index is 13.1. The van der Waals surface area contributed by atoms with Crippen LogP contribution < -0.4 is 4.90 Å². The van der Waals surface area contributed by atoms with Crippen LogP contribution in [-0.4, -0.2) is 16.1 Å². The maximum absolute atomic E-state index is 13.1. The van der Waals surface area contributed by atoms with Crippen molar-refractivity contribution in [2.75, 3.05) is 4.90 Å². The van der Waals surface area contributed by atoms with E-state index < -0.39 is 6.10 Å². The molecule has 1 fully saturated rings. The molecule has 3 aromatic rings. The third-order valence-electron chi connectivity index (χ3n) is 5.56. The first-order valence-electron chi connectivity index (χ1n) is 9.75. The number of aromatic hydroxyl groups is 1. The summed E-state index contributed by atoms with van der Waals surface area (Å²) in [7, 11) is 0. The smallest absolute Gasteiger partial charge is 0.233 e. The lowest BCUT2D eigenvalue weighted by Gasteiger charge is -2.48.